The van der Waals surface area contributed by atoms with Gasteiger partial charge in [-0.05, 0) is 34.5 Å². The SMILES string of the molecule is CCOC(CC)C(NC)c1c(OC)cnn1CCN(C)C. The van der Waals surface area contributed by atoms with Gasteiger partial charge in [0.25, 0.3) is 0 Å². The number of aromatic nitrogens is 2. The Balaban J connectivity index is 3.06. The Morgan fingerprint density at radius 1 is 1.38 bits per heavy atom. The molecule has 2 unspecified atom stereocenters. The third-order valence-electron chi connectivity index (χ3n) is 3.58. The largest absolute Gasteiger partial charge is 0.493 e. The maximum atomic E-state index is 5.88. The maximum absolute atomic E-state index is 5.88. The van der Waals surface area contributed by atoms with Crippen molar-refractivity contribution in [3.05, 3.63) is 11.9 Å². The quantitative estimate of drug-likeness (QED) is 0.710. The molecule has 2 atom stereocenters. The van der Waals surface area contributed by atoms with E-state index in [1.807, 2.05) is 18.7 Å². The van der Waals surface area contributed by atoms with E-state index in [2.05, 4.69) is 36.3 Å². The van der Waals surface area contributed by atoms with Crippen LogP contribution in [-0.4, -0.2) is 62.2 Å². The van der Waals surface area contributed by atoms with Gasteiger partial charge < -0.3 is 19.7 Å². The lowest BCUT2D eigenvalue weighted by Gasteiger charge is -2.27. The topological polar surface area (TPSA) is 51.5 Å². The number of likely N-dealkylation sites (N-methyl/N-ethyl adjacent to an activating group) is 2. The minimum absolute atomic E-state index is 0.0644. The summed E-state index contributed by atoms with van der Waals surface area (Å²) in [5.41, 5.74) is 1.06. The summed E-state index contributed by atoms with van der Waals surface area (Å²) in [6, 6.07) is 0.0644. The molecule has 21 heavy (non-hydrogen) atoms. The first-order valence-electron chi connectivity index (χ1n) is 7.62. The number of hydrogen-bond donors (Lipinski definition) is 1. The molecular weight excluding hydrogens is 268 g/mol. The molecule has 0 aliphatic rings. The van der Waals surface area contributed by atoms with Gasteiger partial charge in [0.05, 0.1) is 37.7 Å². The van der Waals surface area contributed by atoms with Crippen LogP contribution in [0.4, 0.5) is 0 Å². The fraction of sp³-hybridized carbons (Fsp3) is 0.800. The minimum atomic E-state index is 0.0644. The predicted octanol–water partition coefficient (Wildman–Crippen LogP) is 1.53. The Kier molecular flexibility index (Phi) is 7.71. The molecule has 0 fully saturated rings. The van der Waals surface area contributed by atoms with Gasteiger partial charge in [0.15, 0.2) is 5.75 Å². The zero-order valence-electron chi connectivity index (χ0n) is 14.2. The Bertz CT molecular complexity index is 406. The Labute approximate surface area is 128 Å². The van der Waals surface area contributed by atoms with Crippen LogP contribution in [0.3, 0.4) is 0 Å². The molecule has 0 bridgehead atoms. The molecule has 0 aromatic carbocycles. The van der Waals surface area contributed by atoms with Crippen LogP contribution >= 0.6 is 0 Å². The summed E-state index contributed by atoms with van der Waals surface area (Å²) in [6.45, 7) is 6.62. The summed E-state index contributed by atoms with van der Waals surface area (Å²) < 4.78 is 13.4. The molecule has 6 heteroatoms. The third-order valence-corrected chi connectivity index (χ3v) is 3.58. The lowest BCUT2D eigenvalue weighted by Crippen LogP contribution is -2.34. The van der Waals surface area contributed by atoms with Crippen molar-refractivity contribution in [2.75, 3.05) is 41.4 Å². The van der Waals surface area contributed by atoms with E-state index in [1.165, 1.54) is 0 Å². The first kappa shape index (κ1) is 17.9. The van der Waals surface area contributed by atoms with E-state index in [1.54, 1.807) is 13.3 Å². The normalized spacial score (nSPS) is 14.4. The Hall–Kier alpha value is -1.11. The molecule has 6 nitrogen and oxygen atoms in total. The van der Waals surface area contributed by atoms with Gasteiger partial charge in [-0.25, -0.2) is 0 Å². The summed E-state index contributed by atoms with van der Waals surface area (Å²) in [6.07, 6.45) is 2.82. The maximum Gasteiger partial charge on any atom is 0.161 e. The summed E-state index contributed by atoms with van der Waals surface area (Å²) in [5.74, 6) is 0.811. The summed E-state index contributed by atoms with van der Waals surface area (Å²) in [5, 5.41) is 7.84. The van der Waals surface area contributed by atoms with E-state index in [0.29, 0.717) is 6.61 Å². The van der Waals surface area contributed by atoms with Crippen LogP contribution in [0.1, 0.15) is 32.0 Å². The number of rotatable bonds is 10. The monoisotopic (exact) mass is 298 g/mol. The number of methoxy groups -OCH3 is 1. The van der Waals surface area contributed by atoms with Crippen LogP contribution in [0.5, 0.6) is 5.75 Å². The van der Waals surface area contributed by atoms with E-state index in [4.69, 9.17) is 9.47 Å². The second kappa shape index (κ2) is 9.02. The zero-order valence-corrected chi connectivity index (χ0v) is 14.2. The van der Waals surface area contributed by atoms with Gasteiger partial charge in [-0.1, -0.05) is 6.92 Å². The molecule has 1 aromatic rings. The number of hydrogen-bond acceptors (Lipinski definition) is 5. The number of ether oxygens (including phenoxy) is 2. The smallest absolute Gasteiger partial charge is 0.161 e. The third kappa shape index (κ3) is 4.69. The van der Waals surface area contributed by atoms with E-state index < -0.39 is 0 Å². The summed E-state index contributed by atoms with van der Waals surface area (Å²) in [7, 11) is 7.76. The van der Waals surface area contributed by atoms with Crippen LogP contribution in [0.15, 0.2) is 6.20 Å². The lowest BCUT2D eigenvalue weighted by molar-refractivity contribution is 0.0304. The van der Waals surface area contributed by atoms with Crippen LogP contribution in [0.25, 0.3) is 0 Å². The van der Waals surface area contributed by atoms with Crippen LogP contribution in [0, 0.1) is 0 Å². The van der Waals surface area contributed by atoms with Crippen LogP contribution < -0.4 is 10.1 Å². The molecule has 0 amide bonds. The second-order valence-corrected chi connectivity index (χ2v) is 5.29. The molecule has 0 radical (unpaired) electrons. The molecule has 0 aliphatic carbocycles. The number of nitrogens with zero attached hydrogens (tertiary/aromatic N) is 3. The van der Waals surface area contributed by atoms with Crippen molar-refractivity contribution in [3.63, 3.8) is 0 Å². The van der Waals surface area contributed by atoms with Gasteiger partial charge in [0, 0.05) is 13.2 Å². The van der Waals surface area contributed by atoms with Crippen molar-refractivity contribution in [2.45, 2.75) is 39.0 Å². The molecule has 0 spiro atoms. The van der Waals surface area contributed by atoms with Crippen molar-refractivity contribution in [1.29, 1.82) is 0 Å². The average molecular weight is 298 g/mol. The standard InChI is InChI=1S/C15H30N4O2/c1-7-12(21-8-2)14(16-3)15-13(20-6)11-17-19(15)10-9-18(4)5/h11-12,14,16H,7-10H2,1-6H3. The van der Waals surface area contributed by atoms with E-state index in [9.17, 15) is 0 Å². The molecule has 1 N–H and O–H groups in total. The Morgan fingerprint density at radius 2 is 2.10 bits per heavy atom. The van der Waals surface area contributed by atoms with Crippen molar-refractivity contribution in [2.24, 2.45) is 0 Å². The highest BCUT2D eigenvalue weighted by Crippen LogP contribution is 2.29. The van der Waals surface area contributed by atoms with E-state index >= 15 is 0 Å². The molecule has 0 saturated carbocycles. The van der Waals surface area contributed by atoms with E-state index in [0.717, 1.165) is 31.0 Å². The first-order valence-corrected chi connectivity index (χ1v) is 7.62. The van der Waals surface area contributed by atoms with Gasteiger partial charge in [0.1, 0.15) is 0 Å². The molecule has 0 saturated heterocycles. The highest BCUT2D eigenvalue weighted by molar-refractivity contribution is 5.29. The summed E-state index contributed by atoms with van der Waals surface area (Å²) in [4.78, 5) is 2.15. The molecule has 122 valence electrons. The lowest BCUT2D eigenvalue weighted by atomic mass is 10.0. The molecule has 1 aromatic heterocycles. The van der Waals surface area contributed by atoms with Crippen molar-refractivity contribution >= 4 is 0 Å². The van der Waals surface area contributed by atoms with Crippen molar-refractivity contribution in [3.8, 4) is 5.75 Å². The minimum Gasteiger partial charge on any atom is -0.493 e. The highest BCUT2D eigenvalue weighted by Gasteiger charge is 2.28. The second-order valence-electron chi connectivity index (χ2n) is 5.29. The summed E-state index contributed by atoms with van der Waals surface area (Å²) >= 11 is 0. The highest BCUT2D eigenvalue weighted by atomic mass is 16.5. The predicted molar refractivity (Wildman–Crippen MR) is 84.8 cm³/mol. The fourth-order valence-electron chi connectivity index (χ4n) is 2.48. The molecule has 0 aliphatic heterocycles. The average Bonchev–Trinajstić information content (AvgIpc) is 2.88. The van der Waals surface area contributed by atoms with Crippen LogP contribution in [0.2, 0.25) is 0 Å². The molecule has 1 rings (SSSR count). The van der Waals surface area contributed by atoms with Gasteiger partial charge in [-0.15, -0.1) is 0 Å². The van der Waals surface area contributed by atoms with Crippen molar-refractivity contribution in [1.82, 2.24) is 20.0 Å². The number of nitrogens with one attached hydrogen (secondary N) is 1. The zero-order chi connectivity index (χ0) is 15.8. The Morgan fingerprint density at radius 3 is 2.57 bits per heavy atom. The first-order chi connectivity index (χ1) is 10.1. The van der Waals surface area contributed by atoms with E-state index in [-0.39, 0.29) is 12.1 Å². The molecule has 1 heterocycles. The fourth-order valence-corrected chi connectivity index (χ4v) is 2.48. The van der Waals surface area contributed by atoms with Gasteiger partial charge in [-0.3, -0.25) is 4.68 Å². The van der Waals surface area contributed by atoms with Crippen molar-refractivity contribution < 1.29 is 9.47 Å². The van der Waals surface area contributed by atoms with Gasteiger partial charge in [0.2, 0.25) is 0 Å². The van der Waals surface area contributed by atoms with Gasteiger partial charge >= 0.3 is 0 Å². The van der Waals surface area contributed by atoms with Gasteiger partial charge in [-0.2, -0.15) is 5.10 Å². The molecular formula is C15H30N4O2. The van der Waals surface area contributed by atoms with Crippen LogP contribution in [-0.2, 0) is 11.3 Å².